The Hall–Kier alpha value is -1.03. The van der Waals surface area contributed by atoms with Gasteiger partial charge >= 0.3 is 11.2 Å². The SMILES string of the molecule is CCCCOC(=O)C(I)=CCC(F)(F)S(=O)(=O)c1ccccc1. The number of halogens is 3. The summed E-state index contributed by atoms with van der Waals surface area (Å²) in [5.41, 5.74) is 0. The third-order valence-corrected chi connectivity index (χ3v) is 5.62. The highest BCUT2D eigenvalue weighted by Crippen LogP contribution is 2.33. The molecule has 0 fully saturated rings. The molecule has 0 unspecified atom stereocenters. The second-order valence-electron chi connectivity index (χ2n) is 4.70. The maximum atomic E-state index is 14.0. The van der Waals surface area contributed by atoms with E-state index in [9.17, 15) is 22.0 Å². The lowest BCUT2D eigenvalue weighted by atomic mass is 10.3. The molecule has 0 aliphatic heterocycles. The van der Waals surface area contributed by atoms with Crippen LogP contribution in [0.25, 0.3) is 0 Å². The zero-order valence-electron chi connectivity index (χ0n) is 12.5. The summed E-state index contributed by atoms with van der Waals surface area (Å²) >= 11 is 1.56. The third kappa shape index (κ3) is 5.52. The number of allylic oxidation sites excluding steroid dienone is 1. The summed E-state index contributed by atoms with van der Waals surface area (Å²) in [6.07, 6.45) is 1.30. The van der Waals surface area contributed by atoms with Crippen LogP contribution in [0.5, 0.6) is 0 Å². The molecule has 1 aromatic carbocycles. The molecule has 0 atom stereocenters. The molecule has 0 aliphatic carbocycles. The summed E-state index contributed by atoms with van der Waals surface area (Å²) < 4.78 is 56.8. The van der Waals surface area contributed by atoms with Crippen LogP contribution < -0.4 is 0 Å². The standard InChI is InChI=1S/C15H17F2IO4S/c1-2-3-11-22-14(19)13(18)9-10-15(16,17)23(20,21)12-7-5-4-6-8-12/h4-9H,2-3,10-11H2,1H3. The van der Waals surface area contributed by atoms with Gasteiger partial charge in [-0.1, -0.05) is 37.6 Å². The fraction of sp³-hybridized carbons (Fsp3) is 0.400. The van der Waals surface area contributed by atoms with Crippen LogP contribution in [0.1, 0.15) is 26.2 Å². The van der Waals surface area contributed by atoms with Crippen LogP contribution in [0.3, 0.4) is 0 Å². The number of sulfone groups is 1. The molecule has 0 saturated carbocycles. The molecule has 0 heterocycles. The Kier molecular flexibility index (Phi) is 7.59. The Morgan fingerprint density at radius 2 is 1.91 bits per heavy atom. The van der Waals surface area contributed by atoms with E-state index >= 15 is 0 Å². The lowest BCUT2D eigenvalue weighted by molar-refractivity contribution is -0.138. The van der Waals surface area contributed by atoms with E-state index in [4.69, 9.17) is 4.74 Å². The number of carbonyl (C=O) groups excluding carboxylic acids is 1. The highest BCUT2D eigenvalue weighted by molar-refractivity contribution is 14.1. The Morgan fingerprint density at radius 3 is 2.48 bits per heavy atom. The van der Waals surface area contributed by atoms with Gasteiger partial charge in [0.2, 0.25) is 9.84 Å². The molecule has 1 aromatic rings. The molecule has 0 bridgehead atoms. The van der Waals surface area contributed by atoms with Crippen molar-refractivity contribution in [3.63, 3.8) is 0 Å². The van der Waals surface area contributed by atoms with Gasteiger partial charge in [0.05, 0.1) is 15.1 Å². The van der Waals surface area contributed by atoms with Crippen LogP contribution in [-0.4, -0.2) is 26.2 Å². The van der Waals surface area contributed by atoms with E-state index in [2.05, 4.69) is 0 Å². The first-order valence-electron chi connectivity index (χ1n) is 6.92. The smallest absolute Gasteiger partial charge is 0.353 e. The summed E-state index contributed by atoms with van der Waals surface area (Å²) in [7, 11) is -4.81. The third-order valence-electron chi connectivity index (χ3n) is 2.89. The first kappa shape index (κ1) is 20.0. The molecular formula is C15H17F2IO4S. The van der Waals surface area contributed by atoms with Crippen LogP contribution in [0.15, 0.2) is 44.9 Å². The normalized spacial score (nSPS) is 13.0. The van der Waals surface area contributed by atoms with Crippen molar-refractivity contribution < 1.29 is 26.7 Å². The van der Waals surface area contributed by atoms with Gasteiger partial charge in [-0.25, -0.2) is 13.2 Å². The second-order valence-corrected chi connectivity index (χ2v) is 7.94. The average molecular weight is 458 g/mol. The van der Waals surface area contributed by atoms with Crippen molar-refractivity contribution in [1.82, 2.24) is 0 Å². The first-order chi connectivity index (χ1) is 10.7. The van der Waals surface area contributed by atoms with E-state index in [0.717, 1.165) is 24.6 Å². The van der Waals surface area contributed by atoms with Gasteiger partial charge in [0.1, 0.15) is 0 Å². The van der Waals surface area contributed by atoms with Crippen LogP contribution in [0, 0.1) is 0 Å². The van der Waals surface area contributed by atoms with Crippen molar-refractivity contribution >= 4 is 38.4 Å². The maximum absolute atomic E-state index is 14.0. The van der Waals surface area contributed by atoms with E-state index < -0.39 is 32.4 Å². The fourth-order valence-electron chi connectivity index (χ4n) is 1.55. The zero-order chi connectivity index (χ0) is 17.5. The van der Waals surface area contributed by atoms with Crippen molar-refractivity contribution in [3.8, 4) is 0 Å². The highest BCUT2D eigenvalue weighted by Gasteiger charge is 2.45. The Morgan fingerprint density at radius 1 is 1.30 bits per heavy atom. The van der Waals surface area contributed by atoms with Crippen LogP contribution in [0.2, 0.25) is 0 Å². The number of carbonyl (C=O) groups is 1. The van der Waals surface area contributed by atoms with Gasteiger partial charge in [-0.05, 0) is 41.1 Å². The Labute approximate surface area is 148 Å². The van der Waals surface area contributed by atoms with Gasteiger partial charge in [0, 0.05) is 6.42 Å². The molecular weight excluding hydrogens is 441 g/mol. The molecule has 1 rings (SSSR count). The van der Waals surface area contributed by atoms with Crippen LogP contribution >= 0.6 is 22.6 Å². The Balaban J connectivity index is 2.82. The lowest BCUT2D eigenvalue weighted by Gasteiger charge is -2.15. The molecule has 0 spiro atoms. The van der Waals surface area contributed by atoms with Crippen molar-refractivity contribution in [2.45, 2.75) is 36.3 Å². The number of esters is 1. The van der Waals surface area contributed by atoms with Crippen molar-refractivity contribution in [2.24, 2.45) is 0 Å². The molecule has 0 aromatic heterocycles. The molecule has 0 radical (unpaired) electrons. The molecule has 0 aliphatic rings. The van der Waals surface area contributed by atoms with Gasteiger partial charge in [-0.3, -0.25) is 0 Å². The minimum atomic E-state index is -4.81. The molecule has 128 valence electrons. The van der Waals surface area contributed by atoms with Crippen LogP contribution in [0.4, 0.5) is 8.78 Å². The largest absolute Gasteiger partial charge is 0.462 e. The second kappa shape index (κ2) is 8.72. The monoisotopic (exact) mass is 458 g/mol. The summed E-state index contributed by atoms with van der Waals surface area (Å²) in [6, 6.07) is 6.49. The van der Waals surface area contributed by atoms with Gasteiger partial charge in [0.15, 0.2) is 0 Å². The number of ether oxygens (including phenoxy) is 1. The van der Waals surface area contributed by atoms with Crippen molar-refractivity contribution in [2.75, 3.05) is 6.61 Å². The summed E-state index contributed by atoms with van der Waals surface area (Å²) in [5.74, 6) is -0.730. The van der Waals surface area contributed by atoms with E-state index in [1.165, 1.54) is 18.2 Å². The molecule has 8 heteroatoms. The lowest BCUT2D eigenvalue weighted by Crippen LogP contribution is -2.28. The summed E-state index contributed by atoms with van der Waals surface area (Å²) in [4.78, 5) is 11.1. The van der Waals surface area contributed by atoms with Crippen LogP contribution in [-0.2, 0) is 19.4 Å². The number of unbranched alkanes of at least 4 members (excludes halogenated alkanes) is 1. The maximum Gasteiger partial charge on any atom is 0.353 e. The van der Waals surface area contributed by atoms with E-state index in [1.807, 2.05) is 6.92 Å². The van der Waals surface area contributed by atoms with E-state index in [0.29, 0.717) is 6.42 Å². The minimum Gasteiger partial charge on any atom is -0.462 e. The molecule has 0 N–H and O–H groups in total. The number of benzene rings is 1. The predicted octanol–water partition coefficient (Wildman–Crippen LogP) is 4.11. The topological polar surface area (TPSA) is 60.4 Å². The quantitative estimate of drug-likeness (QED) is 0.255. The minimum absolute atomic E-state index is 0.0679. The molecule has 0 amide bonds. The summed E-state index contributed by atoms with van der Waals surface area (Å²) in [5, 5.41) is -4.01. The van der Waals surface area contributed by atoms with Crippen molar-refractivity contribution in [3.05, 3.63) is 40.0 Å². The zero-order valence-corrected chi connectivity index (χ0v) is 15.4. The molecule has 0 saturated heterocycles. The van der Waals surface area contributed by atoms with Gasteiger partial charge in [-0.2, -0.15) is 8.78 Å². The summed E-state index contributed by atoms with van der Waals surface area (Å²) in [6.45, 7) is 2.12. The number of alkyl halides is 2. The van der Waals surface area contributed by atoms with Gasteiger partial charge < -0.3 is 4.74 Å². The Bertz CT molecular complexity index is 657. The first-order valence-corrected chi connectivity index (χ1v) is 9.49. The number of hydrogen-bond donors (Lipinski definition) is 0. The highest BCUT2D eigenvalue weighted by atomic mass is 127. The van der Waals surface area contributed by atoms with E-state index in [1.54, 1.807) is 22.6 Å². The average Bonchev–Trinajstić information content (AvgIpc) is 2.53. The molecule has 23 heavy (non-hydrogen) atoms. The van der Waals surface area contributed by atoms with Gasteiger partial charge in [-0.15, -0.1) is 0 Å². The fourth-order valence-corrected chi connectivity index (χ4v) is 3.09. The van der Waals surface area contributed by atoms with Crippen molar-refractivity contribution in [1.29, 1.82) is 0 Å². The number of rotatable bonds is 8. The van der Waals surface area contributed by atoms with Gasteiger partial charge in [0.25, 0.3) is 0 Å². The number of hydrogen-bond acceptors (Lipinski definition) is 4. The van der Waals surface area contributed by atoms with E-state index in [-0.39, 0.29) is 10.2 Å². The molecule has 4 nitrogen and oxygen atoms in total. The predicted molar refractivity (Wildman–Crippen MR) is 91.2 cm³/mol.